The van der Waals surface area contributed by atoms with Gasteiger partial charge in [-0.2, -0.15) is 5.10 Å². The van der Waals surface area contributed by atoms with Gasteiger partial charge in [0, 0.05) is 17.3 Å². The number of hydrogen-bond donors (Lipinski definition) is 1. The van der Waals surface area contributed by atoms with Gasteiger partial charge in [0.05, 0.1) is 30.3 Å². The fourth-order valence-corrected chi connectivity index (χ4v) is 2.85. The molecule has 0 bridgehead atoms. The van der Waals surface area contributed by atoms with Gasteiger partial charge in [0.15, 0.2) is 0 Å². The fourth-order valence-electron chi connectivity index (χ4n) is 2.66. The van der Waals surface area contributed by atoms with E-state index < -0.39 is 0 Å². The lowest BCUT2D eigenvalue weighted by atomic mass is 10.1. The summed E-state index contributed by atoms with van der Waals surface area (Å²) in [6, 6.07) is 7.54. The summed E-state index contributed by atoms with van der Waals surface area (Å²) in [5, 5.41) is 7.87. The van der Waals surface area contributed by atoms with Crippen LogP contribution < -0.4 is 5.32 Å². The van der Waals surface area contributed by atoms with Crippen LogP contribution in [0.25, 0.3) is 0 Å². The SMILES string of the molecule is Cc1nn(Cc2ccccc2Cl)c(C)c1C(=O)NCCC(=O)OC(C)C. The molecule has 0 unspecified atom stereocenters. The standard InChI is InChI=1S/C19H24ClN3O3/c1-12(2)26-17(24)9-10-21-19(25)18-13(3)22-23(14(18)4)11-15-7-5-6-8-16(15)20/h5-8,12H,9-11H2,1-4H3,(H,21,25). The highest BCUT2D eigenvalue weighted by Gasteiger charge is 2.19. The van der Waals surface area contributed by atoms with E-state index >= 15 is 0 Å². The number of rotatable bonds is 7. The molecule has 0 aliphatic rings. The van der Waals surface area contributed by atoms with E-state index in [1.807, 2.05) is 31.2 Å². The number of nitrogens with zero attached hydrogens (tertiary/aromatic N) is 2. The Balaban J connectivity index is 2.03. The highest BCUT2D eigenvalue weighted by molar-refractivity contribution is 6.31. The Labute approximate surface area is 158 Å². The number of hydrogen-bond acceptors (Lipinski definition) is 4. The van der Waals surface area contributed by atoms with Gasteiger partial charge in [-0.05, 0) is 39.3 Å². The summed E-state index contributed by atoms with van der Waals surface area (Å²) >= 11 is 6.21. The zero-order valence-electron chi connectivity index (χ0n) is 15.5. The van der Waals surface area contributed by atoms with Crippen LogP contribution >= 0.6 is 11.6 Å². The zero-order valence-corrected chi connectivity index (χ0v) is 16.3. The molecule has 0 spiro atoms. The van der Waals surface area contributed by atoms with Crippen LogP contribution in [0, 0.1) is 13.8 Å². The number of amides is 1. The summed E-state index contributed by atoms with van der Waals surface area (Å²) in [7, 11) is 0. The maximum Gasteiger partial charge on any atom is 0.307 e. The molecule has 0 radical (unpaired) electrons. The van der Waals surface area contributed by atoms with Crippen LogP contribution in [-0.4, -0.2) is 34.3 Å². The lowest BCUT2D eigenvalue weighted by molar-refractivity contribution is -0.147. The predicted molar refractivity (Wildman–Crippen MR) is 100 cm³/mol. The molecule has 0 aliphatic carbocycles. The summed E-state index contributed by atoms with van der Waals surface area (Å²) < 4.78 is 6.81. The molecule has 0 saturated carbocycles. The highest BCUT2D eigenvalue weighted by Crippen LogP contribution is 2.19. The molecule has 1 amide bonds. The van der Waals surface area contributed by atoms with Crippen molar-refractivity contribution in [3.63, 3.8) is 0 Å². The monoisotopic (exact) mass is 377 g/mol. The van der Waals surface area contributed by atoms with E-state index in [0.717, 1.165) is 11.3 Å². The van der Waals surface area contributed by atoms with Crippen molar-refractivity contribution in [2.75, 3.05) is 6.54 Å². The second-order valence-corrected chi connectivity index (χ2v) is 6.75. The summed E-state index contributed by atoms with van der Waals surface area (Å²) in [6.07, 6.45) is -0.0267. The van der Waals surface area contributed by atoms with Gasteiger partial charge in [0.2, 0.25) is 0 Å². The van der Waals surface area contributed by atoms with Crippen molar-refractivity contribution in [1.82, 2.24) is 15.1 Å². The second kappa shape index (κ2) is 8.85. The summed E-state index contributed by atoms with van der Waals surface area (Å²) in [5.41, 5.74) is 2.85. The van der Waals surface area contributed by atoms with Gasteiger partial charge in [-0.15, -0.1) is 0 Å². The molecule has 1 heterocycles. The molecule has 2 rings (SSSR count). The van der Waals surface area contributed by atoms with Crippen molar-refractivity contribution in [3.8, 4) is 0 Å². The first-order valence-electron chi connectivity index (χ1n) is 8.54. The molecule has 7 heteroatoms. The average molecular weight is 378 g/mol. The lowest BCUT2D eigenvalue weighted by Gasteiger charge is -2.09. The van der Waals surface area contributed by atoms with E-state index in [1.54, 1.807) is 25.5 Å². The first-order valence-corrected chi connectivity index (χ1v) is 8.92. The van der Waals surface area contributed by atoms with E-state index in [9.17, 15) is 9.59 Å². The summed E-state index contributed by atoms with van der Waals surface area (Å²) in [5.74, 6) is -0.578. The van der Waals surface area contributed by atoms with Crippen molar-refractivity contribution in [3.05, 3.63) is 51.8 Å². The number of carbonyl (C=O) groups is 2. The van der Waals surface area contributed by atoms with Crippen molar-refractivity contribution in [2.24, 2.45) is 0 Å². The second-order valence-electron chi connectivity index (χ2n) is 6.34. The molecule has 1 aromatic carbocycles. The maximum absolute atomic E-state index is 12.5. The minimum Gasteiger partial charge on any atom is -0.463 e. The topological polar surface area (TPSA) is 73.2 Å². The first-order chi connectivity index (χ1) is 12.3. The third-order valence-electron chi connectivity index (χ3n) is 3.87. The Morgan fingerprint density at radius 2 is 1.96 bits per heavy atom. The molecule has 0 aliphatic heterocycles. The van der Waals surface area contributed by atoms with Gasteiger partial charge in [-0.3, -0.25) is 14.3 Å². The largest absolute Gasteiger partial charge is 0.463 e. The van der Waals surface area contributed by atoms with Crippen LogP contribution in [0.5, 0.6) is 0 Å². The number of ether oxygens (including phenoxy) is 1. The number of aromatic nitrogens is 2. The van der Waals surface area contributed by atoms with Gasteiger partial charge in [-0.1, -0.05) is 29.8 Å². The number of benzene rings is 1. The quantitative estimate of drug-likeness (QED) is 0.751. The third-order valence-corrected chi connectivity index (χ3v) is 4.24. The molecular formula is C19H24ClN3O3. The van der Waals surface area contributed by atoms with Crippen molar-refractivity contribution < 1.29 is 14.3 Å². The van der Waals surface area contributed by atoms with Crippen LogP contribution in [0.2, 0.25) is 5.02 Å². The van der Waals surface area contributed by atoms with Gasteiger partial charge in [-0.25, -0.2) is 0 Å². The normalized spacial score (nSPS) is 10.8. The first kappa shape index (κ1) is 20.0. The lowest BCUT2D eigenvalue weighted by Crippen LogP contribution is -2.28. The van der Waals surface area contributed by atoms with E-state index in [1.165, 1.54) is 0 Å². The van der Waals surface area contributed by atoms with Crippen LogP contribution in [-0.2, 0) is 16.1 Å². The number of esters is 1. The Bertz CT molecular complexity index is 799. The van der Waals surface area contributed by atoms with Gasteiger partial charge < -0.3 is 10.1 Å². The molecule has 2 aromatic rings. The van der Waals surface area contributed by atoms with E-state index in [0.29, 0.717) is 22.8 Å². The van der Waals surface area contributed by atoms with Crippen molar-refractivity contribution in [2.45, 2.75) is 46.8 Å². The van der Waals surface area contributed by atoms with E-state index in [-0.39, 0.29) is 30.9 Å². The number of nitrogens with one attached hydrogen (secondary N) is 1. The summed E-state index contributed by atoms with van der Waals surface area (Å²) in [6.45, 7) is 7.92. The Morgan fingerprint density at radius 3 is 2.62 bits per heavy atom. The molecule has 0 atom stereocenters. The Hall–Kier alpha value is -2.34. The molecule has 1 aromatic heterocycles. The Kier molecular flexibility index (Phi) is 6.80. The van der Waals surface area contributed by atoms with Gasteiger partial charge in [0.25, 0.3) is 5.91 Å². The van der Waals surface area contributed by atoms with Gasteiger partial charge >= 0.3 is 5.97 Å². The molecule has 0 saturated heterocycles. The average Bonchev–Trinajstić information content (AvgIpc) is 2.82. The zero-order chi connectivity index (χ0) is 19.3. The number of halogens is 1. The van der Waals surface area contributed by atoms with Crippen LogP contribution in [0.3, 0.4) is 0 Å². The van der Waals surface area contributed by atoms with E-state index in [4.69, 9.17) is 16.3 Å². The smallest absolute Gasteiger partial charge is 0.307 e. The minimum atomic E-state index is -0.330. The molecule has 6 nitrogen and oxygen atoms in total. The summed E-state index contributed by atoms with van der Waals surface area (Å²) in [4.78, 5) is 24.0. The number of aryl methyl sites for hydroxylation is 1. The van der Waals surface area contributed by atoms with Crippen molar-refractivity contribution in [1.29, 1.82) is 0 Å². The molecule has 0 fully saturated rings. The molecular weight excluding hydrogens is 354 g/mol. The predicted octanol–water partition coefficient (Wildman–Crippen LogP) is 3.27. The fraction of sp³-hybridized carbons (Fsp3) is 0.421. The van der Waals surface area contributed by atoms with E-state index in [2.05, 4.69) is 10.4 Å². The number of carbonyl (C=O) groups excluding carboxylic acids is 2. The van der Waals surface area contributed by atoms with Crippen LogP contribution in [0.15, 0.2) is 24.3 Å². The molecule has 140 valence electrons. The highest BCUT2D eigenvalue weighted by atomic mass is 35.5. The third kappa shape index (κ3) is 5.08. The Morgan fingerprint density at radius 1 is 1.27 bits per heavy atom. The van der Waals surface area contributed by atoms with Crippen LogP contribution in [0.1, 0.15) is 47.6 Å². The maximum atomic E-state index is 12.5. The molecule has 1 N–H and O–H groups in total. The van der Waals surface area contributed by atoms with Crippen LogP contribution in [0.4, 0.5) is 0 Å². The van der Waals surface area contributed by atoms with Crippen molar-refractivity contribution >= 4 is 23.5 Å². The minimum absolute atomic E-state index is 0.135. The van der Waals surface area contributed by atoms with Gasteiger partial charge in [0.1, 0.15) is 0 Å². The molecule has 26 heavy (non-hydrogen) atoms.